The predicted molar refractivity (Wildman–Crippen MR) is 40.4 cm³/mol. The fourth-order valence-electron chi connectivity index (χ4n) is 0.899. The van der Waals surface area contributed by atoms with E-state index in [0.717, 1.165) is 0 Å². The molecule has 76 valence electrons. The molecule has 7 heteroatoms. The maximum Gasteiger partial charge on any atom is 0.534 e. The molecule has 0 saturated heterocycles. The van der Waals surface area contributed by atoms with Crippen molar-refractivity contribution in [3.05, 3.63) is 35.4 Å². The quantitative estimate of drug-likeness (QED) is 0.563. The Morgan fingerprint density at radius 3 is 2.14 bits per heavy atom. The highest BCUT2D eigenvalue weighted by Gasteiger charge is 2.47. The van der Waals surface area contributed by atoms with Crippen LogP contribution in [0, 0.1) is 11.6 Å². The zero-order valence-corrected chi connectivity index (χ0v) is 6.72. The van der Waals surface area contributed by atoms with Crippen molar-refractivity contribution in [2.24, 2.45) is 0 Å². The molecule has 1 rings (SSSR count). The average Bonchev–Trinajstić information content (AvgIpc) is 2.02. The van der Waals surface area contributed by atoms with E-state index in [1.165, 1.54) is 0 Å². The highest BCUT2D eigenvalue weighted by molar-refractivity contribution is 6.44. The summed E-state index contributed by atoms with van der Waals surface area (Å²) >= 11 is 0. The molecule has 0 amide bonds. The van der Waals surface area contributed by atoms with Gasteiger partial charge in [0.1, 0.15) is 11.6 Å². The minimum atomic E-state index is -4.15. The third kappa shape index (κ3) is 1.88. The standard InChI is InChI=1S/C7H5BF4O2/c9-4-1-2-5(6(10)3-4)7(11,12)8(13)14/h1-3,13-14H. The van der Waals surface area contributed by atoms with E-state index in [0.29, 0.717) is 12.1 Å². The van der Waals surface area contributed by atoms with Crippen molar-refractivity contribution in [1.29, 1.82) is 0 Å². The van der Waals surface area contributed by atoms with E-state index in [-0.39, 0.29) is 6.07 Å². The Bertz CT molecular complexity index is 342. The molecule has 0 aliphatic rings. The van der Waals surface area contributed by atoms with Crippen LogP contribution in [0.3, 0.4) is 0 Å². The average molecular weight is 208 g/mol. The molecule has 0 fully saturated rings. The zero-order valence-electron chi connectivity index (χ0n) is 6.72. The van der Waals surface area contributed by atoms with Crippen LogP contribution in [0.5, 0.6) is 0 Å². The van der Waals surface area contributed by atoms with Crippen molar-refractivity contribution in [1.82, 2.24) is 0 Å². The molecule has 2 N–H and O–H groups in total. The topological polar surface area (TPSA) is 40.5 Å². The second-order valence-corrected chi connectivity index (χ2v) is 2.62. The Kier molecular flexibility index (Phi) is 2.82. The Morgan fingerprint density at radius 1 is 1.14 bits per heavy atom. The summed E-state index contributed by atoms with van der Waals surface area (Å²) in [4.78, 5) is 0. The van der Waals surface area contributed by atoms with Crippen molar-refractivity contribution in [3.8, 4) is 0 Å². The molecule has 1 aromatic rings. The molecule has 0 heterocycles. The van der Waals surface area contributed by atoms with Crippen LogP contribution in [0.4, 0.5) is 17.6 Å². The fourth-order valence-corrected chi connectivity index (χ4v) is 0.899. The summed E-state index contributed by atoms with van der Waals surface area (Å²) in [5.74, 6) is -6.70. The van der Waals surface area contributed by atoms with Gasteiger partial charge in [-0.3, -0.25) is 0 Å². The van der Waals surface area contributed by atoms with Crippen LogP contribution in [0.1, 0.15) is 5.56 Å². The Hall–Kier alpha value is -1.08. The normalized spacial score (nSPS) is 11.6. The maximum absolute atomic E-state index is 12.8. The number of rotatable bonds is 2. The van der Waals surface area contributed by atoms with Gasteiger partial charge >= 0.3 is 12.9 Å². The molecule has 0 aromatic heterocycles. The number of hydrogen-bond donors (Lipinski definition) is 2. The lowest BCUT2D eigenvalue weighted by Crippen LogP contribution is -2.36. The minimum Gasteiger partial charge on any atom is -0.423 e. The van der Waals surface area contributed by atoms with Crippen LogP contribution in [-0.2, 0) is 5.82 Å². The van der Waals surface area contributed by atoms with E-state index in [9.17, 15) is 17.6 Å². The highest BCUT2D eigenvalue weighted by Crippen LogP contribution is 2.31. The van der Waals surface area contributed by atoms with Crippen molar-refractivity contribution in [3.63, 3.8) is 0 Å². The molecule has 1 aromatic carbocycles. The van der Waals surface area contributed by atoms with E-state index in [1.54, 1.807) is 0 Å². The summed E-state index contributed by atoms with van der Waals surface area (Å²) < 4.78 is 50.7. The molecule has 0 aliphatic carbocycles. The molecule has 0 atom stereocenters. The first kappa shape index (κ1) is 11.0. The molecule has 0 bridgehead atoms. The summed E-state index contributed by atoms with van der Waals surface area (Å²) in [5.41, 5.74) is -1.26. The largest absolute Gasteiger partial charge is 0.534 e. The third-order valence-corrected chi connectivity index (χ3v) is 1.61. The van der Waals surface area contributed by atoms with Gasteiger partial charge in [-0.15, -0.1) is 0 Å². The molecular weight excluding hydrogens is 203 g/mol. The van der Waals surface area contributed by atoms with Gasteiger partial charge in [-0.1, -0.05) is 0 Å². The van der Waals surface area contributed by atoms with Gasteiger partial charge in [-0.2, -0.15) is 0 Å². The van der Waals surface area contributed by atoms with Gasteiger partial charge in [0.25, 0.3) is 0 Å². The second-order valence-electron chi connectivity index (χ2n) is 2.62. The van der Waals surface area contributed by atoms with Crippen molar-refractivity contribution < 1.29 is 27.6 Å². The summed E-state index contributed by atoms with van der Waals surface area (Å²) in [7, 11) is -3.03. The Morgan fingerprint density at radius 2 is 1.71 bits per heavy atom. The summed E-state index contributed by atoms with van der Waals surface area (Å²) in [6.07, 6.45) is 0. The lowest BCUT2D eigenvalue weighted by atomic mass is 9.76. The molecule has 2 nitrogen and oxygen atoms in total. The smallest absolute Gasteiger partial charge is 0.423 e. The van der Waals surface area contributed by atoms with Gasteiger partial charge in [0.2, 0.25) is 0 Å². The Labute approximate surface area is 76.9 Å². The van der Waals surface area contributed by atoms with Crippen molar-refractivity contribution in [2.75, 3.05) is 0 Å². The van der Waals surface area contributed by atoms with Crippen LogP contribution < -0.4 is 0 Å². The Balaban J connectivity index is 3.19. The molecular formula is C7H5BF4O2. The minimum absolute atomic E-state index is 0.242. The lowest BCUT2D eigenvalue weighted by molar-refractivity contribution is 0.0424. The molecule has 0 saturated carbocycles. The van der Waals surface area contributed by atoms with Gasteiger partial charge in [-0.25, -0.2) is 17.6 Å². The molecule has 0 radical (unpaired) electrons. The van der Waals surface area contributed by atoms with E-state index in [2.05, 4.69) is 0 Å². The van der Waals surface area contributed by atoms with E-state index in [1.807, 2.05) is 0 Å². The van der Waals surface area contributed by atoms with E-state index >= 15 is 0 Å². The molecule has 0 spiro atoms. The van der Waals surface area contributed by atoms with Gasteiger partial charge in [-0.05, 0) is 12.1 Å². The summed E-state index contributed by atoms with van der Waals surface area (Å²) in [5, 5.41) is 16.5. The second kappa shape index (κ2) is 3.59. The zero-order chi connectivity index (χ0) is 10.9. The fraction of sp³-hybridized carbons (Fsp3) is 0.143. The van der Waals surface area contributed by atoms with Gasteiger partial charge in [0.05, 0.1) is 5.56 Å². The van der Waals surface area contributed by atoms with Crippen LogP contribution in [0.15, 0.2) is 18.2 Å². The number of alkyl halides is 2. The molecule has 0 aliphatic heterocycles. The van der Waals surface area contributed by atoms with Crippen LogP contribution in [0.25, 0.3) is 0 Å². The van der Waals surface area contributed by atoms with Crippen molar-refractivity contribution in [2.45, 2.75) is 5.82 Å². The summed E-state index contributed by atoms with van der Waals surface area (Å²) in [6.45, 7) is 0. The van der Waals surface area contributed by atoms with E-state index in [4.69, 9.17) is 10.0 Å². The van der Waals surface area contributed by atoms with Crippen LogP contribution >= 0.6 is 0 Å². The lowest BCUT2D eigenvalue weighted by Gasteiger charge is -2.15. The maximum atomic E-state index is 12.8. The number of hydrogen-bond acceptors (Lipinski definition) is 2. The SMILES string of the molecule is OB(O)C(F)(F)c1ccc(F)cc1F. The van der Waals surface area contributed by atoms with Crippen LogP contribution in [0.2, 0.25) is 0 Å². The molecule has 14 heavy (non-hydrogen) atoms. The monoisotopic (exact) mass is 208 g/mol. The highest BCUT2D eigenvalue weighted by atomic mass is 19.3. The van der Waals surface area contributed by atoms with Crippen molar-refractivity contribution >= 4 is 7.12 Å². The first-order valence-corrected chi connectivity index (χ1v) is 3.55. The van der Waals surface area contributed by atoms with E-state index < -0.39 is 30.1 Å². The van der Waals surface area contributed by atoms with Gasteiger partial charge < -0.3 is 10.0 Å². The predicted octanol–water partition coefficient (Wildman–Crippen LogP) is 1.07. The van der Waals surface area contributed by atoms with Gasteiger partial charge in [0.15, 0.2) is 0 Å². The first-order valence-electron chi connectivity index (χ1n) is 3.55. The molecule has 0 unspecified atom stereocenters. The first-order chi connectivity index (χ1) is 6.35. The van der Waals surface area contributed by atoms with Gasteiger partial charge in [0, 0.05) is 6.07 Å². The third-order valence-electron chi connectivity index (χ3n) is 1.61. The summed E-state index contributed by atoms with van der Waals surface area (Å²) in [6, 6.07) is 1.31. The number of halogens is 4. The van der Waals surface area contributed by atoms with Crippen LogP contribution in [-0.4, -0.2) is 17.2 Å². The number of benzene rings is 1.